The fourth-order valence-electron chi connectivity index (χ4n) is 2.78. The minimum Gasteiger partial charge on any atom is -0.370 e. The standard InChI is InChI=1S/C18H30N4O2S.HI/c1-15(2)21(3)25(23,24)17-10-8-16(9-11-17)14-20-18(19)22-12-6-4-5-7-13-22;/h8-11,15H,4-7,12-14H2,1-3H3,(H2,19,20);1H. The number of guanidine groups is 1. The summed E-state index contributed by atoms with van der Waals surface area (Å²) in [5, 5.41) is 0. The zero-order valence-corrected chi connectivity index (χ0v) is 19.0. The molecule has 0 unspecified atom stereocenters. The van der Waals surface area contributed by atoms with E-state index in [1.807, 2.05) is 13.8 Å². The predicted octanol–water partition coefficient (Wildman–Crippen LogP) is 3.02. The maximum absolute atomic E-state index is 12.5. The van der Waals surface area contributed by atoms with Crippen molar-refractivity contribution >= 4 is 40.0 Å². The quantitative estimate of drug-likeness (QED) is 0.388. The highest BCUT2D eigenvalue weighted by Crippen LogP contribution is 2.17. The lowest BCUT2D eigenvalue weighted by atomic mass is 10.2. The van der Waals surface area contributed by atoms with Crippen molar-refractivity contribution in [3.05, 3.63) is 29.8 Å². The molecule has 6 nitrogen and oxygen atoms in total. The molecule has 0 amide bonds. The number of aliphatic imine (C=N–C) groups is 1. The Labute approximate surface area is 174 Å². The molecule has 148 valence electrons. The largest absolute Gasteiger partial charge is 0.370 e. The lowest BCUT2D eigenvalue weighted by Gasteiger charge is -2.21. The fraction of sp³-hybridized carbons (Fsp3) is 0.611. The van der Waals surface area contributed by atoms with Gasteiger partial charge in [0.05, 0.1) is 11.4 Å². The molecule has 0 radical (unpaired) electrons. The van der Waals surface area contributed by atoms with E-state index in [1.54, 1.807) is 31.3 Å². The Hall–Kier alpha value is -0.870. The topological polar surface area (TPSA) is 79.0 Å². The average molecular weight is 494 g/mol. The van der Waals surface area contributed by atoms with Gasteiger partial charge in [0.2, 0.25) is 10.0 Å². The molecule has 0 spiro atoms. The summed E-state index contributed by atoms with van der Waals surface area (Å²) in [7, 11) is -1.85. The molecule has 0 aliphatic carbocycles. The first-order valence-electron chi connectivity index (χ1n) is 8.94. The Bertz CT molecular complexity index is 682. The summed E-state index contributed by atoms with van der Waals surface area (Å²) >= 11 is 0. The van der Waals surface area contributed by atoms with E-state index in [0.717, 1.165) is 31.5 Å². The molecule has 1 heterocycles. The highest BCUT2D eigenvalue weighted by Gasteiger charge is 2.22. The second-order valence-electron chi connectivity index (χ2n) is 6.83. The number of benzene rings is 1. The van der Waals surface area contributed by atoms with Gasteiger partial charge in [-0.1, -0.05) is 25.0 Å². The lowest BCUT2D eigenvalue weighted by Crippen LogP contribution is -2.38. The summed E-state index contributed by atoms with van der Waals surface area (Å²) in [4.78, 5) is 6.92. The van der Waals surface area contributed by atoms with E-state index < -0.39 is 10.0 Å². The molecule has 1 aromatic rings. The molecule has 0 aromatic heterocycles. The van der Waals surface area contributed by atoms with Gasteiger partial charge in [-0.15, -0.1) is 24.0 Å². The number of sulfonamides is 1. The van der Waals surface area contributed by atoms with Crippen molar-refractivity contribution in [3.8, 4) is 0 Å². The molecule has 1 aromatic carbocycles. The third kappa shape index (κ3) is 6.09. The van der Waals surface area contributed by atoms with Crippen LogP contribution in [0.25, 0.3) is 0 Å². The number of hydrogen-bond acceptors (Lipinski definition) is 3. The third-order valence-corrected chi connectivity index (χ3v) is 6.73. The molecule has 2 N–H and O–H groups in total. The van der Waals surface area contributed by atoms with Crippen LogP contribution in [0.15, 0.2) is 34.2 Å². The molecule has 26 heavy (non-hydrogen) atoms. The van der Waals surface area contributed by atoms with Gasteiger partial charge in [0.25, 0.3) is 0 Å². The molecule has 0 bridgehead atoms. The number of likely N-dealkylation sites (tertiary alicyclic amines) is 1. The van der Waals surface area contributed by atoms with Crippen LogP contribution < -0.4 is 5.73 Å². The Morgan fingerprint density at radius 1 is 1.15 bits per heavy atom. The van der Waals surface area contributed by atoms with Gasteiger partial charge in [0, 0.05) is 26.2 Å². The van der Waals surface area contributed by atoms with Crippen LogP contribution in [-0.2, 0) is 16.6 Å². The molecule has 2 rings (SSSR count). The van der Waals surface area contributed by atoms with Gasteiger partial charge in [-0.05, 0) is 44.4 Å². The SMILES string of the molecule is CC(C)N(C)S(=O)(=O)c1ccc(CN=C(N)N2CCCCCC2)cc1.I. The molecule has 1 aliphatic rings. The predicted molar refractivity (Wildman–Crippen MR) is 117 cm³/mol. The maximum atomic E-state index is 12.5. The molecular weight excluding hydrogens is 463 g/mol. The van der Waals surface area contributed by atoms with E-state index in [4.69, 9.17) is 5.73 Å². The van der Waals surface area contributed by atoms with Crippen molar-refractivity contribution in [2.45, 2.75) is 57.0 Å². The van der Waals surface area contributed by atoms with Crippen molar-refractivity contribution in [1.29, 1.82) is 0 Å². The second kappa shape index (κ2) is 10.5. The van der Waals surface area contributed by atoms with Crippen molar-refractivity contribution in [1.82, 2.24) is 9.21 Å². The second-order valence-corrected chi connectivity index (χ2v) is 8.83. The number of rotatable bonds is 5. The van der Waals surface area contributed by atoms with Crippen molar-refractivity contribution in [2.75, 3.05) is 20.1 Å². The number of hydrogen-bond donors (Lipinski definition) is 1. The van der Waals surface area contributed by atoms with Crippen LogP contribution >= 0.6 is 24.0 Å². The van der Waals surface area contributed by atoms with Gasteiger partial charge in [-0.3, -0.25) is 0 Å². The molecule has 8 heteroatoms. The van der Waals surface area contributed by atoms with E-state index in [9.17, 15) is 8.42 Å². The average Bonchev–Trinajstić information content (AvgIpc) is 2.88. The smallest absolute Gasteiger partial charge is 0.243 e. The van der Waals surface area contributed by atoms with Crippen LogP contribution in [0.5, 0.6) is 0 Å². The van der Waals surface area contributed by atoms with Crippen LogP contribution in [0.3, 0.4) is 0 Å². The van der Waals surface area contributed by atoms with E-state index >= 15 is 0 Å². The monoisotopic (exact) mass is 494 g/mol. The fourth-order valence-corrected chi connectivity index (χ4v) is 4.15. The maximum Gasteiger partial charge on any atom is 0.243 e. The molecule has 1 saturated heterocycles. The number of nitrogens with zero attached hydrogens (tertiary/aromatic N) is 3. The van der Waals surface area contributed by atoms with Crippen LogP contribution in [-0.4, -0.2) is 49.8 Å². The Morgan fingerprint density at radius 2 is 1.69 bits per heavy atom. The van der Waals surface area contributed by atoms with Crippen molar-refractivity contribution in [2.24, 2.45) is 10.7 Å². The van der Waals surface area contributed by atoms with Gasteiger partial charge in [0.1, 0.15) is 0 Å². The summed E-state index contributed by atoms with van der Waals surface area (Å²) in [5.74, 6) is 0.582. The van der Waals surface area contributed by atoms with Crippen LogP contribution in [0, 0.1) is 0 Å². The first-order chi connectivity index (χ1) is 11.8. The minimum atomic E-state index is -3.44. The Kier molecular flexibility index (Phi) is 9.32. The molecular formula is C18H31IN4O2S. The summed E-state index contributed by atoms with van der Waals surface area (Å²) in [6, 6.07) is 6.81. The Morgan fingerprint density at radius 3 is 2.19 bits per heavy atom. The first kappa shape index (κ1) is 23.2. The van der Waals surface area contributed by atoms with E-state index in [-0.39, 0.29) is 30.0 Å². The van der Waals surface area contributed by atoms with Gasteiger partial charge in [0.15, 0.2) is 5.96 Å². The van der Waals surface area contributed by atoms with E-state index in [2.05, 4.69) is 9.89 Å². The molecule has 0 saturated carbocycles. The lowest BCUT2D eigenvalue weighted by molar-refractivity contribution is 0.410. The van der Waals surface area contributed by atoms with E-state index in [0.29, 0.717) is 17.4 Å². The number of halogens is 1. The summed E-state index contributed by atoms with van der Waals surface area (Å²) < 4.78 is 26.3. The van der Waals surface area contributed by atoms with Crippen LogP contribution in [0.1, 0.15) is 45.1 Å². The van der Waals surface area contributed by atoms with Gasteiger partial charge < -0.3 is 10.6 Å². The summed E-state index contributed by atoms with van der Waals surface area (Å²) in [6.07, 6.45) is 4.83. The third-order valence-electron chi connectivity index (χ3n) is 4.68. The molecule has 1 fully saturated rings. The van der Waals surface area contributed by atoms with Crippen LogP contribution in [0.4, 0.5) is 0 Å². The normalized spacial score (nSPS) is 16.5. The van der Waals surface area contributed by atoms with Crippen LogP contribution in [0.2, 0.25) is 0 Å². The zero-order valence-electron chi connectivity index (χ0n) is 15.9. The van der Waals surface area contributed by atoms with Gasteiger partial charge in [-0.25, -0.2) is 13.4 Å². The summed E-state index contributed by atoms with van der Waals surface area (Å²) in [6.45, 7) is 6.10. The van der Waals surface area contributed by atoms with Crippen molar-refractivity contribution in [3.63, 3.8) is 0 Å². The van der Waals surface area contributed by atoms with Gasteiger partial charge >= 0.3 is 0 Å². The zero-order chi connectivity index (χ0) is 18.4. The first-order valence-corrected chi connectivity index (χ1v) is 10.4. The minimum absolute atomic E-state index is 0. The van der Waals surface area contributed by atoms with Crippen molar-refractivity contribution < 1.29 is 8.42 Å². The molecule has 1 aliphatic heterocycles. The van der Waals surface area contributed by atoms with E-state index in [1.165, 1.54) is 17.1 Å². The Balaban J connectivity index is 0.00000338. The highest BCUT2D eigenvalue weighted by atomic mass is 127. The number of nitrogens with two attached hydrogens (primary N) is 1. The highest BCUT2D eigenvalue weighted by molar-refractivity contribution is 14.0. The molecule has 0 atom stereocenters. The summed E-state index contributed by atoms with van der Waals surface area (Å²) in [5.41, 5.74) is 7.06. The van der Waals surface area contributed by atoms with Gasteiger partial charge in [-0.2, -0.15) is 4.31 Å².